The molecule has 1 saturated heterocycles. The van der Waals surface area contributed by atoms with Crippen molar-refractivity contribution in [2.45, 2.75) is 12.3 Å². The Morgan fingerprint density at radius 2 is 1.82 bits per heavy atom. The lowest BCUT2D eigenvalue weighted by Gasteiger charge is -2.31. The molecule has 8 nitrogen and oxygen atoms in total. The van der Waals surface area contributed by atoms with Crippen LogP contribution >= 0.6 is 0 Å². The second-order valence-electron chi connectivity index (χ2n) is 7.35. The van der Waals surface area contributed by atoms with Crippen LogP contribution in [0.1, 0.15) is 5.56 Å². The molecule has 1 fully saturated rings. The van der Waals surface area contributed by atoms with E-state index in [9.17, 15) is 22.8 Å². The minimum absolute atomic E-state index is 0.0287. The van der Waals surface area contributed by atoms with E-state index in [0.29, 0.717) is 43.5 Å². The number of morpholine rings is 1. The highest BCUT2D eigenvalue weighted by Crippen LogP contribution is 2.36. The number of alkyl halides is 3. The number of rotatable bonds is 5. The van der Waals surface area contributed by atoms with E-state index in [2.05, 4.69) is 5.32 Å². The lowest BCUT2D eigenvalue weighted by Crippen LogP contribution is -2.39. The fourth-order valence-corrected chi connectivity index (χ4v) is 3.44. The third-order valence-electron chi connectivity index (χ3n) is 5.07. The van der Waals surface area contributed by atoms with Crippen LogP contribution < -0.4 is 19.7 Å². The Morgan fingerprint density at radius 3 is 2.55 bits per heavy atom. The predicted octanol–water partition coefficient (Wildman–Crippen LogP) is 2.86. The van der Waals surface area contributed by atoms with Gasteiger partial charge in [-0.3, -0.25) is 4.79 Å². The monoisotopic (exact) mass is 466 g/mol. The van der Waals surface area contributed by atoms with Gasteiger partial charge in [0, 0.05) is 13.1 Å². The zero-order chi connectivity index (χ0) is 23.4. The molecule has 176 valence electrons. The Hall–Kier alpha value is -3.47. The Kier molecular flexibility index (Phi) is 6.59. The standard InChI is InChI=1S/C22H21F3N2O6/c23-22(24,25)14-5-6-16(27-7-9-30-10-8-27)15(11-14)26-20(28)13-32-21(29)19-12-31-17-3-1-2-4-18(17)33-19/h1-6,11,19H,7-10,12-13H2,(H,26,28). The number of halogens is 3. The van der Waals surface area contributed by atoms with Crippen LogP contribution in [0.5, 0.6) is 11.5 Å². The molecule has 1 atom stereocenters. The topological polar surface area (TPSA) is 86.3 Å². The maximum Gasteiger partial charge on any atom is 0.416 e. The van der Waals surface area contributed by atoms with E-state index in [4.69, 9.17) is 18.9 Å². The van der Waals surface area contributed by atoms with Gasteiger partial charge in [0.1, 0.15) is 6.61 Å². The second-order valence-corrected chi connectivity index (χ2v) is 7.35. The van der Waals surface area contributed by atoms with Crippen molar-refractivity contribution in [3.05, 3.63) is 48.0 Å². The highest BCUT2D eigenvalue weighted by atomic mass is 19.4. The normalized spacial score (nSPS) is 17.9. The minimum Gasteiger partial charge on any atom is -0.485 e. The molecule has 2 aliphatic heterocycles. The predicted molar refractivity (Wildman–Crippen MR) is 110 cm³/mol. The highest BCUT2D eigenvalue weighted by molar-refractivity contribution is 5.96. The Labute approximate surface area is 187 Å². The van der Waals surface area contributed by atoms with Crippen LogP contribution in [0.3, 0.4) is 0 Å². The molecule has 1 N–H and O–H groups in total. The maximum absolute atomic E-state index is 13.2. The van der Waals surface area contributed by atoms with Gasteiger partial charge >= 0.3 is 12.1 Å². The van der Waals surface area contributed by atoms with Gasteiger partial charge in [-0.1, -0.05) is 12.1 Å². The quantitative estimate of drug-likeness (QED) is 0.679. The first-order chi connectivity index (χ1) is 15.8. The molecule has 0 saturated carbocycles. The lowest BCUT2D eigenvalue weighted by atomic mass is 10.1. The van der Waals surface area contributed by atoms with Gasteiger partial charge in [-0.2, -0.15) is 13.2 Å². The van der Waals surface area contributed by atoms with Crippen molar-refractivity contribution in [1.29, 1.82) is 0 Å². The van der Waals surface area contributed by atoms with Gasteiger partial charge in [0.2, 0.25) is 6.10 Å². The smallest absolute Gasteiger partial charge is 0.416 e. The lowest BCUT2D eigenvalue weighted by molar-refractivity contribution is -0.156. The molecule has 2 aromatic carbocycles. The number of ether oxygens (including phenoxy) is 4. The van der Waals surface area contributed by atoms with Crippen LogP contribution in [0.4, 0.5) is 24.5 Å². The zero-order valence-electron chi connectivity index (χ0n) is 17.4. The van der Waals surface area contributed by atoms with Gasteiger partial charge < -0.3 is 29.2 Å². The fraction of sp³-hybridized carbons (Fsp3) is 0.364. The van der Waals surface area contributed by atoms with E-state index in [1.54, 1.807) is 24.3 Å². The van der Waals surface area contributed by atoms with Gasteiger partial charge in [0.15, 0.2) is 18.1 Å². The number of nitrogens with zero attached hydrogens (tertiary/aromatic N) is 1. The SMILES string of the molecule is O=C(COC(=O)C1COc2ccccc2O1)Nc1cc(C(F)(F)F)ccc1N1CCOCC1. The summed E-state index contributed by atoms with van der Waals surface area (Å²) in [6.07, 6.45) is -5.64. The number of carbonyl (C=O) groups is 2. The van der Waals surface area contributed by atoms with Crippen LogP contribution in [0, 0.1) is 0 Å². The third kappa shape index (κ3) is 5.48. The average molecular weight is 466 g/mol. The summed E-state index contributed by atoms with van der Waals surface area (Å²) < 4.78 is 60.8. The molecule has 0 bridgehead atoms. The van der Waals surface area contributed by atoms with Crippen molar-refractivity contribution in [2.24, 2.45) is 0 Å². The molecule has 1 amide bonds. The van der Waals surface area contributed by atoms with E-state index >= 15 is 0 Å². The van der Waals surface area contributed by atoms with Crippen LogP contribution in [0.15, 0.2) is 42.5 Å². The first-order valence-electron chi connectivity index (χ1n) is 10.2. The number of hydrogen-bond acceptors (Lipinski definition) is 7. The summed E-state index contributed by atoms with van der Waals surface area (Å²) in [5, 5.41) is 2.42. The van der Waals surface area contributed by atoms with Crippen LogP contribution in [0.2, 0.25) is 0 Å². The molecule has 2 heterocycles. The van der Waals surface area contributed by atoms with E-state index in [-0.39, 0.29) is 12.3 Å². The molecular formula is C22H21F3N2O6. The number of esters is 1. The van der Waals surface area contributed by atoms with Crippen molar-refractivity contribution in [3.8, 4) is 11.5 Å². The number of carbonyl (C=O) groups excluding carboxylic acids is 2. The summed E-state index contributed by atoms with van der Waals surface area (Å²) in [4.78, 5) is 26.5. The Balaban J connectivity index is 1.40. The number of anilines is 2. The number of amides is 1. The molecule has 4 rings (SSSR count). The maximum atomic E-state index is 13.2. The molecule has 0 radical (unpaired) electrons. The summed E-state index contributed by atoms with van der Waals surface area (Å²) in [5.74, 6) is -0.750. The third-order valence-corrected chi connectivity index (χ3v) is 5.07. The van der Waals surface area contributed by atoms with Crippen molar-refractivity contribution < 1.29 is 41.7 Å². The molecule has 0 aromatic heterocycles. The molecule has 33 heavy (non-hydrogen) atoms. The summed E-state index contributed by atoms with van der Waals surface area (Å²) in [5.41, 5.74) is -0.510. The van der Waals surface area contributed by atoms with Crippen molar-refractivity contribution in [3.63, 3.8) is 0 Å². The molecule has 11 heteroatoms. The molecule has 1 unspecified atom stereocenters. The van der Waals surface area contributed by atoms with Crippen LogP contribution in [0.25, 0.3) is 0 Å². The second kappa shape index (κ2) is 9.57. The van der Waals surface area contributed by atoms with E-state index in [1.165, 1.54) is 6.07 Å². The number of benzene rings is 2. The molecule has 0 spiro atoms. The van der Waals surface area contributed by atoms with Gasteiger partial charge in [-0.15, -0.1) is 0 Å². The largest absolute Gasteiger partial charge is 0.485 e. The molecular weight excluding hydrogens is 445 g/mol. The van der Waals surface area contributed by atoms with Gasteiger partial charge in [-0.25, -0.2) is 4.79 Å². The summed E-state index contributed by atoms with van der Waals surface area (Å²) in [6.45, 7) is 0.968. The zero-order valence-corrected chi connectivity index (χ0v) is 17.4. The van der Waals surface area contributed by atoms with E-state index < -0.39 is 36.3 Å². The van der Waals surface area contributed by atoms with Crippen LogP contribution in [-0.4, -0.2) is 57.5 Å². The van der Waals surface area contributed by atoms with Gasteiger partial charge in [-0.05, 0) is 30.3 Å². The van der Waals surface area contributed by atoms with Crippen molar-refractivity contribution >= 4 is 23.3 Å². The molecule has 2 aliphatic rings. The molecule has 0 aliphatic carbocycles. The first-order valence-corrected chi connectivity index (χ1v) is 10.2. The number of hydrogen-bond donors (Lipinski definition) is 1. The number of nitrogens with one attached hydrogen (secondary N) is 1. The minimum atomic E-state index is -4.58. The number of fused-ring (bicyclic) bond motifs is 1. The van der Waals surface area contributed by atoms with Gasteiger partial charge in [0.25, 0.3) is 5.91 Å². The highest BCUT2D eigenvalue weighted by Gasteiger charge is 2.32. The van der Waals surface area contributed by atoms with Gasteiger partial charge in [0.05, 0.1) is 30.2 Å². The summed E-state index contributed by atoms with van der Waals surface area (Å²) in [7, 11) is 0. The summed E-state index contributed by atoms with van der Waals surface area (Å²) >= 11 is 0. The number of para-hydroxylation sites is 2. The summed E-state index contributed by atoms with van der Waals surface area (Å²) in [6, 6.07) is 9.90. The van der Waals surface area contributed by atoms with Crippen molar-refractivity contribution in [1.82, 2.24) is 0 Å². The fourth-order valence-electron chi connectivity index (χ4n) is 3.44. The Bertz CT molecular complexity index is 1020. The van der Waals surface area contributed by atoms with E-state index in [0.717, 1.165) is 12.1 Å². The first kappa shape index (κ1) is 22.7. The van der Waals surface area contributed by atoms with Crippen LogP contribution in [-0.2, 0) is 25.2 Å². The average Bonchev–Trinajstić information content (AvgIpc) is 2.82. The Morgan fingerprint density at radius 1 is 1.09 bits per heavy atom. The molecule has 2 aromatic rings. The van der Waals surface area contributed by atoms with Crippen molar-refractivity contribution in [2.75, 3.05) is 49.7 Å². The van der Waals surface area contributed by atoms with E-state index in [1.807, 2.05) is 4.90 Å².